The van der Waals surface area contributed by atoms with E-state index in [1.807, 2.05) is 0 Å². The second-order valence-corrected chi connectivity index (χ2v) is 6.03. The number of carbonyl (C=O) groups excluding carboxylic acids is 1. The molecular weight excluding hydrogens is 337 g/mol. The van der Waals surface area contributed by atoms with E-state index in [4.69, 9.17) is 16.7 Å². The molecule has 1 aromatic carbocycles. The van der Waals surface area contributed by atoms with Gasteiger partial charge in [0, 0.05) is 22.5 Å². The van der Waals surface area contributed by atoms with Crippen LogP contribution in [0.1, 0.15) is 13.8 Å². The van der Waals surface area contributed by atoms with E-state index in [9.17, 15) is 14.3 Å². The average molecular weight is 356 g/mol. The van der Waals surface area contributed by atoms with Crippen LogP contribution in [0.2, 0.25) is 5.15 Å². The number of carbonyl (C=O) groups is 1. The third-order valence-electron chi connectivity index (χ3n) is 3.54. The van der Waals surface area contributed by atoms with Gasteiger partial charge in [0.2, 0.25) is 0 Å². The Hall–Kier alpha value is -1.96. The lowest BCUT2D eigenvalue weighted by molar-refractivity contribution is 0.0629. The molecule has 1 unspecified atom stereocenters. The molecule has 0 aliphatic rings. The number of fused-ring (bicyclic) bond motifs is 1. The normalized spacial score (nSPS) is 12.5. The van der Waals surface area contributed by atoms with Crippen LogP contribution in [-0.2, 0) is 0 Å². The summed E-state index contributed by atoms with van der Waals surface area (Å²) in [6.45, 7) is 3.12. The maximum absolute atomic E-state index is 13.9. The maximum atomic E-state index is 13.9. The predicted octanol–water partition coefficient (Wildman–Crippen LogP) is 2.62. The number of aliphatic hydroxyl groups excluding tert-OH is 2. The van der Waals surface area contributed by atoms with Crippen molar-refractivity contribution in [2.24, 2.45) is 0 Å². The van der Waals surface area contributed by atoms with Gasteiger partial charge in [-0.15, -0.1) is 0 Å². The predicted molar refractivity (Wildman–Crippen MR) is 90.7 cm³/mol. The molecular formula is C16H19ClFN3O3. The number of rotatable bonds is 5. The van der Waals surface area contributed by atoms with Crippen molar-refractivity contribution in [1.29, 1.82) is 0 Å². The van der Waals surface area contributed by atoms with E-state index in [1.54, 1.807) is 26.0 Å². The highest BCUT2D eigenvalue weighted by Crippen LogP contribution is 2.26. The highest BCUT2D eigenvalue weighted by molar-refractivity contribution is 6.34. The zero-order valence-electron chi connectivity index (χ0n) is 13.3. The minimum absolute atomic E-state index is 0.0162. The van der Waals surface area contributed by atoms with Gasteiger partial charge in [0.05, 0.1) is 25.5 Å². The fourth-order valence-corrected chi connectivity index (χ4v) is 2.47. The van der Waals surface area contributed by atoms with E-state index in [2.05, 4.69) is 10.3 Å². The lowest BCUT2D eigenvalue weighted by Gasteiger charge is -2.28. The largest absolute Gasteiger partial charge is 0.394 e. The van der Waals surface area contributed by atoms with E-state index in [1.165, 1.54) is 11.0 Å². The van der Waals surface area contributed by atoms with Crippen molar-refractivity contribution in [3.8, 4) is 0 Å². The molecule has 24 heavy (non-hydrogen) atoms. The molecule has 1 atom stereocenters. The van der Waals surface area contributed by atoms with Crippen molar-refractivity contribution in [3.05, 3.63) is 35.4 Å². The van der Waals surface area contributed by atoms with Crippen LogP contribution in [0.3, 0.4) is 0 Å². The molecule has 3 N–H and O–H groups in total. The number of aromatic nitrogens is 1. The molecule has 8 heteroatoms. The van der Waals surface area contributed by atoms with Crippen LogP contribution in [-0.4, -0.2) is 51.4 Å². The number of anilines is 1. The van der Waals surface area contributed by atoms with Crippen molar-refractivity contribution < 1.29 is 19.4 Å². The standard InChI is InChI=1S/C16H19ClFN3O3/c1-9(2)21(7-11(23)8-22)16(24)20-10-3-4-12-13(5-10)14(18)6-19-15(12)17/h3-6,9,11,22-23H,7-8H2,1-2H3,(H,20,24). The summed E-state index contributed by atoms with van der Waals surface area (Å²) in [7, 11) is 0. The van der Waals surface area contributed by atoms with E-state index in [0.717, 1.165) is 6.20 Å². The van der Waals surface area contributed by atoms with E-state index in [0.29, 0.717) is 11.1 Å². The van der Waals surface area contributed by atoms with Gasteiger partial charge in [-0.1, -0.05) is 11.6 Å². The van der Waals surface area contributed by atoms with Crippen LogP contribution in [0.5, 0.6) is 0 Å². The zero-order chi connectivity index (χ0) is 17.9. The quantitative estimate of drug-likeness (QED) is 0.720. The van der Waals surface area contributed by atoms with Crippen molar-refractivity contribution >= 4 is 34.1 Å². The Balaban J connectivity index is 2.24. The minimum Gasteiger partial charge on any atom is -0.394 e. The second-order valence-electron chi connectivity index (χ2n) is 5.67. The molecule has 0 bridgehead atoms. The number of nitrogens with one attached hydrogen (secondary N) is 1. The molecule has 2 rings (SSSR count). The van der Waals surface area contributed by atoms with Gasteiger partial charge >= 0.3 is 6.03 Å². The average Bonchev–Trinajstić information content (AvgIpc) is 2.55. The molecule has 0 spiro atoms. The summed E-state index contributed by atoms with van der Waals surface area (Å²) >= 11 is 5.93. The Morgan fingerprint density at radius 2 is 2.12 bits per heavy atom. The summed E-state index contributed by atoms with van der Waals surface area (Å²) in [6.07, 6.45) is -0.00836. The zero-order valence-corrected chi connectivity index (χ0v) is 14.1. The first-order valence-electron chi connectivity index (χ1n) is 7.43. The van der Waals surface area contributed by atoms with Gasteiger partial charge in [-0.3, -0.25) is 0 Å². The summed E-state index contributed by atoms with van der Waals surface area (Å²) in [5.41, 5.74) is 0.387. The third kappa shape index (κ3) is 4.11. The Bertz CT molecular complexity index is 742. The van der Waals surface area contributed by atoms with Gasteiger partial charge < -0.3 is 20.4 Å². The van der Waals surface area contributed by atoms with Gasteiger partial charge in [-0.05, 0) is 32.0 Å². The Labute approximate surface area is 143 Å². The van der Waals surface area contributed by atoms with E-state index in [-0.39, 0.29) is 23.1 Å². The Morgan fingerprint density at radius 1 is 1.42 bits per heavy atom. The molecule has 2 aromatic rings. The monoisotopic (exact) mass is 355 g/mol. The summed E-state index contributed by atoms with van der Waals surface area (Å²) in [4.78, 5) is 17.5. The number of amides is 2. The first-order valence-corrected chi connectivity index (χ1v) is 7.81. The molecule has 0 radical (unpaired) electrons. The smallest absolute Gasteiger partial charge is 0.322 e. The minimum atomic E-state index is -1.03. The number of hydrogen-bond acceptors (Lipinski definition) is 4. The molecule has 1 heterocycles. The van der Waals surface area contributed by atoms with Crippen LogP contribution in [0, 0.1) is 5.82 Å². The molecule has 0 saturated carbocycles. The third-order valence-corrected chi connectivity index (χ3v) is 3.85. The molecule has 6 nitrogen and oxygen atoms in total. The topological polar surface area (TPSA) is 85.7 Å². The first kappa shape index (κ1) is 18.4. The van der Waals surface area contributed by atoms with Crippen LogP contribution >= 0.6 is 11.6 Å². The second kappa shape index (κ2) is 7.74. The van der Waals surface area contributed by atoms with Gasteiger partial charge in [-0.2, -0.15) is 0 Å². The van der Waals surface area contributed by atoms with Gasteiger partial charge in [-0.25, -0.2) is 14.2 Å². The van der Waals surface area contributed by atoms with Crippen molar-refractivity contribution in [3.63, 3.8) is 0 Å². The molecule has 2 amide bonds. The highest BCUT2D eigenvalue weighted by atomic mass is 35.5. The number of hydrogen-bond donors (Lipinski definition) is 3. The Kier molecular flexibility index (Phi) is 5.93. The summed E-state index contributed by atoms with van der Waals surface area (Å²) in [5.74, 6) is -0.540. The number of pyridine rings is 1. The molecule has 0 aliphatic heterocycles. The number of urea groups is 1. The number of aliphatic hydroxyl groups is 2. The first-order chi connectivity index (χ1) is 11.3. The lowest BCUT2D eigenvalue weighted by Crippen LogP contribution is -2.45. The SMILES string of the molecule is CC(C)N(CC(O)CO)C(=O)Nc1ccc2c(Cl)ncc(F)c2c1. The molecule has 0 fully saturated rings. The lowest BCUT2D eigenvalue weighted by atomic mass is 10.1. The fourth-order valence-electron chi connectivity index (χ4n) is 2.26. The van der Waals surface area contributed by atoms with Crippen LogP contribution < -0.4 is 5.32 Å². The van der Waals surface area contributed by atoms with Crippen molar-refractivity contribution in [1.82, 2.24) is 9.88 Å². The molecule has 1 aromatic heterocycles. The highest BCUT2D eigenvalue weighted by Gasteiger charge is 2.20. The van der Waals surface area contributed by atoms with Crippen molar-refractivity contribution in [2.45, 2.75) is 26.0 Å². The van der Waals surface area contributed by atoms with Gasteiger partial charge in [0.1, 0.15) is 11.0 Å². The number of nitrogens with zero attached hydrogens (tertiary/aromatic N) is 2. The molecule has 0 saturated heterocycles. The van der Waals surface area contributed by atoms with Gasteiger partial charge in [0.25, 0.3) is 0 Å². The van der Waals surface area contributed by atoms with Crippen LogP contribution in [0.15, 0.2) is 24.4 Å². The van der Waals surface area contributed by atoms with E-state index >= 15 is 0 Å². The maximum Gasteiger partial charge on any atom is 0.322 e. The summed E-state index contributed by atoms with van der Waals surface area (Å²) in [5, 5.41) is 22.0. The molecule has 0 aliphatic carbocycles. The van der Waals surface area contributed by atoms with Crippen molar-refractivity contribution in [2.75, 3.05) is 18.5 Å². The van der Waals surface area contributed by atoms with Gasteiger partial charge in [0.15, 0.2) is 0 Å². The molecule has 130 valence electrons. The Morgan fingerprint density at radius 3 is 2.75 bits per heavy atom. The number of halogens is 2. The van der Waals surface area contributed by atoms with Crippen LogP contribution in [0.4, 0.5) is 14.9 Å². The van der Waals surface area contributed by atoms with E-state index < -0.39 is 24.6 Å². The number of benzene rings is 1. The summed E-state index contributed by atoms with van der Waals surface area (Å²) < 4.78 is 13.9. The summed E-state index contributed by atoms with van der Waals surface area (Å²) in [6, 6.07) is 3.98. The van der Waals surface area contributed by atoms with Crippen LogP contribution in [0.25, 0.3) is 10.8 Å². The fraction of sp³-hybridized carbons (Fsp3) is 0.375.